The van der Waals surface area contributed by atoms with Gasteiger partial charge in [-0.1, -0.05) is 40.5 Å². The monoisotopic (exact) mass is 304 g/mol. The molecule has 0 fully saturated rings. The average Bonchev–Trinajstić information content (AvgIpc) is 2.87. The maximum absolute atomic E-state index is 2.18. The molecule has 17 heavy (non-hydrogen) atoms. The number of hydrogen-bond acceptors (Lipinski definition) is 0. The van der Waals surface area contributed by atoms with Gasteiger partial charge in [0.1, 0.15) is 0 Å². The van der Waals surface area contributed by atoms with Crippen LogP contribution in [0.5, 0.6) is 0 Å². The normalized spacial score (nSPS) is 9.18. The molecule has 0 aromatic heterocycles. The van der Waals surface area contributed by atoms with E-state index in [2.05, 4.69) is 64.1 Å². The predicted molar refractivity (Wildman–Crippen MR) is 72.3 cm³/mol. The molecule has 0 aliphatic rings. The van der Waals surface area contributed by atoms with Crippen molar-refractivity contribution in [3.05, 3.63) is 58.7 Å². The van der Waals surface area contributed by atoms with Crippen LogP contribution >= 0.6 is 0 Å². The van der Waals surface area contributed by atoms with Gasteiger partial charge in [0.05, 0.1) is 0 Å². The quantitative estimate of drug-likeness (QED) is 0.714. The molecular weight excluding hydrogens is 283 g/mol. The summed E-state index contributed by atoms with van der Waals surface area (Å²) in [5.74, 6) is 0. The molecule has 0 saturated carbocycles. The summed E-state index contributed by atoms with van der Waals surface area (Å²) >= 11 is 0. The first-order valence-electron chi connectivity index (χ1n) is 6.11. The largest absolute Gasteiger partial charge is 2.00 e. The van der Waals surface area contributed by atoms with Crippen LogP contribution in [0.15, 0.2) is 36.4 Å². The molecule has 0 bridgehead atoms. The maximum atomic E-state index is 2.18. The zero-order valence-corrected chi connectivity index (χ0v) is 13.8. The van der Waals surface area contributed by atoms with Crippen molar-refractivity contribution >= 4 is 0 Å². The summed E-state index contributed by atoms with van der Waals surface area (Å²) in [6.45, 7) is 8.67. The molecule has 0 radical (unpaired) electrons. The zero-order chi connectivity index (χ0) is 12.0. The van der Waals surface area contributed by atoms with Gasteiger partial charge in [-0.05, 0) is 0 Å². The minimum absolute atomic E-state index is 0. The third kappa shape index (κ3) is 5.17. The van der Waals surface area contributed by atoms with E-state index in [1.165, 1.54) is 35.1 Å². The summed E-state index contributed by atoms with van der Waals surface area (Å²) in [7, 11) is 0. The van der Waals surface area contributed by atoms with Crippen LogP contribution in [-0.4, -0.2) is 0 Å². The molecule has 2 aromatic carbocycles. The van der Waals surface area contributed by atoms with Gasteiger partial charge in [0.15, 0.2) is 0 Å². The van der Waals surface area contributed by atoms with Crippen LogP contribution in [0.25, 0.3) is 0 Å². The summed E-state index contributed by atoms with van der Waals surface area (Å²) in [6.07, 6.45) is 2.33. The van der Waals surface area contributed by atoms with E-state index >= 15 is 0 Å². The first-order valence-corrected chi connectivity index (χ1v) is 6.11. The summed E-state index contributed by atoms with van der Waals surface area (Å²) in [5.41, 5.74) is 5.80. The standard InChI is InChI=1S/2C8H11.Zr/c2*1-3-8-6-4-5-7(8)2;/h2*4-6H,3H2,1-2H3;/q2*-1;+2. The third-order valence-corrected chi connectivity index (χ3v) is 3.06. The van der Waals surface area contributed by atoms with Crippen molar-refractivity contribution in [3.8, 4) is 0 Å². The van der Waals surface area contributed by atoms with Crippen LogP contribution < -0.4 is 0 Å². The molecule has 0 amide bonds. The van der Waals surface area contributed by atoms with Crippen molar-refractivity contribution in [3.63, 3.8) is 0 Å². The molecule has 1 heteroatoms. The molecule has 0 spiro atoms. The molecule has 0 aliphatic heterocycles. The summed E-state index contributed by atoms with van der Waals surface area (Å²) in [4.78, 5) is 0. The van der Waals surface area contributed by atoms with E-state index in [9.17, 15) is 0 Å². The molecule has 0 aliphatic carbocycles. The van der Waals surface area contributed by atoms with E-state index < -0.39 is 0 Å². The van der Waals surface area contributed by atoms with Crippen LogP contribution in [0.2, 0.25) is 0 Å². The predicted octanol–water partition coefficient (Wildman–Crippen LogP) is 4.55. The summed E-state index contributed by atoms with van der Waals surface area (Å²) in [6, 6.07) is 12.9. The Hall–Kier alpha value is -0.417. The molecule has 0 heterocycles. The molecule has 0 unspecified atom stereocenters. The molecule has 90 valence electrons. The number of aryl methyl sites for hydroxylation is 4. The number of hydrogen-bond donors (Lipinski definition) is 0. The molecule has 2 aromatic rings. The van der Waals surface area contributed by atoms with E-state index in [1.54, 1.807) is 0 Å². The van der Waals surface area contributed by atoms with Crippen molar-refractivity contribution in [1.82, 2.24) is 0 Å². The molecular formula is C16H22Zr. The van der Waals surface area contributed by atoms with E-state index in [0.717, 1.165) is 0 Å². The Morgan fingerprint density at radius 1 is 0.824 bits per heavy atom. The van der Waals surface area contributed by atoms with Crippen LogP contribution in [0.1, 0.15) is 36.1 Å². The second kappa shape index (κ2) is 8.64. The SMILES string of the molecule is CC[c-]1cccc1C.CC[c-]1cccc1C.[Zr+2]. The Balaban J connectivity index is 0.000000284. The van der Waals surface area contributed by atoms with E-state index in [1.807, 2.05) is 0 Å². The maximum Gasteiger partial charge on any atom is 2.00 e. The van der Waals surface area contributed by atoms with Crippen LogP contribution in [0.3, 0.4) is 0 Å². The van der Waals surface area contributed by atoms with Gasteiger partial charge in [0.25, 0.3) is 0 Å². The Morgan fingerprint density at radius 2 is 1.18 bits per heavy atom. The first kappa shape index (κ1) is 16.6. The fraction of sp³-hybridized carbons (Fsp3) is 0.375. The van der Waals surface area contributed by atoms with Crippen LogP contribution in [0, 0.1) is 13.8 Å². The van der Waals surface area contributed by atoms with E-state index in [-0.39, 0.29) is 26.2 Å². The van der Waals surface area contributed by atoms with Gasteiger partial charge < -0.3 is 0 Å². The zero-order valence-electron chi connectivity index (χ0n) is 11.4. The van der Waals surface area contributed by atoms with Gasteiger partial charge in [-0.25, -0.2) is 24.3 Å². The van der Waals surface area contributed by atoms with Gasteiger partial charge >= 0.3 is 26.2 Å². The van der Waals surface area contributed by atoms with Crippen molar-refractivity contribution < 1.29 is 26.2 Å². The van der Waals surface area contributed by atoms with E-state index in [4.69, 9.17) is 0 Å². The third-order valence-electron chi connectivity index (χ3n) is 3.06. The molecule has 0 nitrogen and oxygen atoms in total. The van der Waals surface area contributed by atoms with Crippen LogP contribution in [-0.2, 0) is 39.0 Å². The second-order valence-electron chi connectivity index (χ2n) is 4.18. The van der Waals surface area contributed by atoms with Crippen LogP contribution in [0.4, 0.5) is 0 Å². The van der Waals surface area contributed by atoms with E-state index in [0.29, 0.717) is 0 Å². The molecule has 2 rings (SSSR count). The smallest absolute Gasteiger partial charge is 0.213 e. The van der Waals surface area contributed by atoms with Crippen molar-refractivity contribution in [2.45, 2.75) is 40.5 Å². The Bertz CT molecular complexity index is 366. The summed E-state index contributed by atoms with van der Waals surface area (Å²) in [5, 5.41) is 0. The number of rotatable bonds is 2. The second-order valence-corrected chi connectivity index (χ2v) is 4.18. The molecule has 0 N–H and O–H groups in total. The summed E-state index contributed by atoms with van der Waals surface area (Å²) < 4.78 is 0. The fourth-order valence-electron chi connectivity index (χ4n) is 1.89. The fourth-order valence-corrected chi connectivity index (χ4v) is 1.89. The topological polar surface area (TPSA) is 0 Å². The van der Waals surface area contributed by atoms with Gasteiger partial charge in [-0.2, -0.15) is 34.4 Å². The average molecular weight is 306 g/mol. The van der Waals surface area contributed by atoms with Gasteiger partial charge in [-0.15, -0.1) is 0 Å². The van der Waals surface area contributed by atoms with Crippen molar-refractivity contribution in [2.75, 3.05) is 0 Å². The Kier molecular flexibility index (Phi) is 8.43. The van der Waals surface area contributed by atoms with Gasteiger partial charge in [0, 0.05) is 0 Å². The minimum Gasteiger partial charge on any atom is -0.213 e. The van der Waals surface area contributed by atoms with Crippen molar-refractivity contribution in [2.24, 2.45) is 0 Å². The molecule has 0 atom stereocenters. The Labute approximate surface area is 125 Å². The van der Waals surface area contributed by atoms with Crippen molar-refractivity contribution in [1.29, 1.82) is 0 Å². The van der Waals surface area contributed by atoms with Gasteiger partial charge in [-0.3, -0.25) is 0 Å². The first-order chi connectivity index (χ1) is 7.69. The van der Waals surface area contributed by atoms with Gasteiger partial charge in [0.2, 0.25) is 0 Å². The Morgan fingerprint density at radius 3 is 1.29 bits per heavy atom. The minimum atomic E-state index is 0. The molecule has 0 saturated heterocycles.